The van der Waals surface area contributed by atoms with E-state index >= 15 is 0 Å². The zero-order valence-corrected chi connectivity index (χ0v) is 13.5. The highest BCUT2D eigenvalue weighted by molar-refractivity contribution is 5.82. The van der Waals surface area contributed by atoms with Gasteiger partial charge < -0.3 is 20.8 Å². The van der Waals surface area contributed by atoms with Crippen LogP contribution in [0.1, 0.15) is 32.6 Å². The van der Waals surface area contributed by atoms with Crippen LogP contribution in [0.5, 0.6) is 0 Å². The molecule has 2 aromatic rings. The molecule has 0 aromatic carbocycles. The number of unbranched alkanes of at least 4 members (excludes halogenated alkanes) is 1. The highest BCUT2D eigenvalue weighted by atomic mass is 16.5. The summed E-state index contributed by atoms with van der Waals surface area (Å²) < 4.78 is 7.04. The number of aryl methyl sites for hydroxylation is 1. The van der Waals surface area contributed by atoms with Crippen molar-refractivity contribution in [2.24, 2.45) is 5.92 Å². The van der Waals surface area contributed by atoms with Gasteiger partial charge in [0.2, 0.25) is 5.95 Å². The van der Waals surface area contributed by atoms with Crippen molar-refractivity contribution < 1.29 is 4.74 Å². The second-order valence-electron chi connectivity index (χ2n) is 6.01. The molecule has 3 rings (SSSR count). The van der Waals surface area contributed by atoms with Gasteiger partial charge in [0.1, 0.15) is 5.52 Å². The number of anilines is 2. The molecule has 0 aliphatic carbocycles. The molecule has 0 bridgehead atoms. The highest BCUT2D eigenvalue weighted by Gasteiger charge is 2.18. The number of fused-ring (bicyclic) bond motifs is 1. The Hall–Kier alpha value is -2.09. The monoisotopic (exact) mass is 320 g/mol. The fourth-order valence-corrected chi connectivity index (χ4v) is 2.84. The highest BCUT2D eigenvalue weighted by Crippen LogP contribution is 2.20. The van der Waals surface area contributed by atoms with E-state index in [1.807, 2.05) is 0 Å². The Morgan fingerprint density at radius 2 is 2.35 bits per heavy atom. The molecule has 2 aromatic heterocycles. The Morgan fingerprint density at radius 3 is 3.09 bits per heavy atom. The summed E-state index contributed by atoms with van der Waals surface area (Å²) >= 11 is 0. The molecule has 0 radical (unpaired) electrons. The number of nitrogens with zero attached hydrogens (tertiary/aromatic N) is 3. The van der Waals surface area contributed by atoms with E-state index in [4.69, 9.17) is 10.5 Å². The van der Waals surface area contributed by atoms with Crippen LogP contribution in [0, 0.1) is 5.92 Å². The molecule has 1 aliphatic heterocycles. The average molecular weight is 320 g/mol. The molecule has 0 amide bonds. The third-order valence-electron chi connectivity index (χ3n) is 4.25. The summed E-state index contributed by atoms with van der Waals surface area (Å²) in [7, 11) is 0. The number of nitrogen functional groups attached to an aromatic ring is 1. The number of aromatic amines is 1. The Balaban J connectivity index is 1.83. The number of nitrogens with one attached hydrogen (secondary N) is 2. The number of H-pyrrole nitrogens is 1. The SMILES string of the molecule is CCCCNc1nc(N)c2[nH]c(=O)n(CC[C@H]3CCOC3)c2n1. The Morgan fingerprint density at radius 1 is 1.48 bits per heavy atom. The Kier molecular flexibility index (Phi) is 4.80. The van der Waals surface area contributed by atoms with Crippen LogP contribution in [-0.2, 0) is 11.3 Å². The molecule has 8 heteroatoms. The zero-order chi connectivity index (χ0) is 16.2. The van der Waals surface area contributed by atoms with Gasteiger partial charge in [-0.15, -0.1) is 0 Å². The van der Waals surface area contributed by atoms with Gasteiger partial charge in [0, 0.05) is 26.3 Å². The molecule has 1 atom stereocenters. The van der Waals surface area contributed by atoms with Crippen molar-refractivity contribution in [3.05, 3.63) is 10.5 Å². The summed E-state index contributed by atoms with van der Waals surface area (Å²) in [4.78, 5) is 23.7. The molecular weight excluding hydrogens is 296 g/mol. The topological polar surface area (TPSA) is 111 Å². The molecule has 1 fully saturated rings. The van der Waals surface area contributed by atoms with Gasteiger partial charge in [-0.2, -0.15) is 9.97 Å². The number of hydrogen-bond donors (Lipinski definition) is 3. The van der Waals surface area contributed by atoms with Gasteiger partial charge in [0.25, 0.3) is 0 Å². The fraction of sp³-hybridized carbons (Fsp3) is 0.667. The van der Waals surface area contributed by atoms with Gasteiger partial charge in [-0.25, -0.2) is 4.79 Å². The first-order valence-corrected chi connectivity index (χ1v) is 8.26. The van der Waals surface area contributed by atoms with Gasteiger partial charge in [-0.05, 0) is 25.2 Å². The van der Waals surface area contributed by atoms with E-state index in [0.717, 1.165) is 45.4 Å². The first kappa shape index (κ1) is 15.8. The number of hydrogen-bond acceptors (Lipinski definition) is 6. The van der Waals surface area contributed by atoms with E-state index in [0.29, 0.717) is 35.4 Å². The maximum absolute atomic E-state index is 12.2. The molecule has 3 heterocycles. The molecule has 0 unspecified atom stereocenters. The summed E-state index contributed by atoms with van der Waals surface area (Å²) in [6, 6.07) is 0. The second-order valence-corrected chi connectivity index (χ2v) is 6.01. The van der Waals surface area contributed by atoms with Crippen LogP contribution in [0.2, 0.25) is 0 Å². The largest absolute Gasteiger partial charge is 0.382 e. The van der Waals surface area contributed by atoms with Crippen LogP contribution in [0.3, 0.4) is 0 Å². The minimum Gasteiger partial charge on any atom is -0.382 e. The van der Waals surface area contributed by atoms with Crippen molar-refractivity contribution >= 4 is 22.9 Å². The van der Waals surface area contributed by atoms with Crippen molar-refractivity contribution in [3.63, 3.8) is 0 Å². The molecule has 1 saturated heterocycles. The van der Waals surface area contributed by atoms with Gasteiger partial charge in [0.15, 0.2) is 11.5 Å². The van der Waals surface area contributed by atoms with E-state index in [9.17, 15) is 4.79 Å². The van der Waals surface area contributed by atoms with Gasteiger partial charge >= 0.3 is 5.69 Å². The van der Waals surface area contributed by atoms with Crippen LogP contribution in [-0.4, -0.2) is 39.3 Å². The molecule has 23 heavy (non-hydrogen) atoms. The van der Waals surface area contributed by atoms with Crippen LogP contribution in [0.4, 0.5) is 11.8 Å². The first-order valence-electron chi connectivity index (χ1n) is 8.26. The van der Waals surface area contributed by atoms with E-state index in [1.54, 1.807) is 4.57 Å². The lowest BCUT2D eigenvalue weighted by atomic mass is 10.1. The summed E-state index contributed by atoms with van der Waals surface area (Å²) in [5.74, 6) is 1.28. The van der Waals surface area contributed by atoms with E-state index in [1.165, 1.54) is 0 Å². The lowest BCUT2D eigenvalue weighted by Gasteiger charge is -2.09. The molecular formula is C15H24N6O2. The maximum Gasteiger partial charge on any atom is 0.327 e. The number of ether oxygens (including phenoxy) is 1. The van der Waals surface area contributed by atoms with Crippen molar-refractivity contribution in [1.82, 2.24) is 19.5 Å². The quantitative estimate of drug-likeness (QED) is 0.664. The molecule has 126 valence electrons. The number of rotatable bonds is 7. The average Bonchev–Trinajstić information content (AvgIpc) is 3.14. The normalized spacial score (nSPS) is 17.9. The minimum atomic E-state index is -0.189. The van der Waals surface area contributed by atoms with Crippen molar-refractivity contribution in [3.8, 4) is 0 Å². The van der Waals surface area contributed by atoms with Crippen LogP contribution in [0.15, 0.2) is 4.79 Å². The molecule has 0 saturated carbocycles. The van der Waals surface area contributed by atoms with Crippen molar-refractivity contribution in [1.29, 1.82) is 0 Å². The van der Waals surface area contributed by atoms with E-state index in [2.05, 4.69) is 27.2 Å². The lowest BCUT2D eigenvalue weighted by Crippen LogP contribution is -2.19. The smallest absolute Gasteiger partial charge is 0.327 e. The van der Waals surface area contributed by atoms with Crippen molar-refractivity contribution in [2.45, 2.75) is 39.2 Å². The van der Waals surface area contributed by atoms with Crippen LogP contribution in [0.25, 0.3) is 11.2 Å². The standard InChI is InChI=1S/C15H24N6O2/c1-2-3-6-17-14-19-12(16)11-13(20-14)21(15(22)18-11)7-4-10-5-8-23-9-10/h10H,2-9H2,1H3,(H,18,22)(H3,16,17,19,20)/t10-/m0/s1. The van der Waals surface area contributed by atoms with E-state index in [-0.39, 0.29) is 5.69 Å². The summed E-state index contributed by atoms with van der Waals surface area (Å²) in [5.41, 5.74) is 6.86. The number of aromatic nitrogens is 4. The van der Waals surface area contributed by atoms with Gasteiger partial charge in [0.05, 0.1) is 0 Å². The zero-order valence-electron chi connectivity index (χ0n) is 13.5. The third-order valence-corrected chi connectivity index (χ3v) is 4.25. The molecule has 4 N–H and O–H groups in total. The summed E-state index contributed by atoms with van der Waals surface area (Å²) in [6.45, 7) is 5.11. The van der Waals surface area contributed by atoms with Gasteiger partial charge in [-0.1, -0.05) is 13.3 Å². The van der Waals surface area contributed by atoms with Gasteiger partial charge in [-0.3, -0.25) is 4.57 Å². The van der Waals surface area contributed by atoms with Crippen LogP contribution >= 0.6 is 0 Å². The fourth-order valence-electron chi connectivity index (χ4n) is 2.84. The number of nitrogens with two attached hydrogens (primary N) is 1. The van der Waals surface area contributed by atoms with Crippen LogP contribution < -0.4 is 16.7 Å². The predicted octanol–water partition coefficient (Wildman–Crippen LogP) is 1.34. The predicted molar refractivity (Wildman–Crippen MR) is 89.5 cm³/mol. The number of imidazole rings is 1. The summed E-state index contributed by atoms with van der Waals surface area (Å²) in [6.07, 6.45) is 4.07. The molecule has 0 spiro atoms. The first-order chi connectivity index (χ1) is 11.2. The molecule has 8 nitrogen and oxygen atoms in total. The Bertz CT molecular complexity index is 717. The summed E-state index contributed by atoms with van der Waals surface area (Å²) in [5, 5.41) is 3.16. The van der Waals surface area contributed by atoms with Crippen molar-refractivity contribution in [2.75, 3.05) is 30.8 Å². The molecule has 1 aliphatic rings. The minimum absolute atomic E-state index is 0.189. The van der Waals surface area contributed by atoms with E-state index < -0.39 is 0 Å². The third kappa shape index (κ3) is 3.47. The Labute approximate surface area is 134 Å². The maximum atomic E-state index is 12.2. The lowest BCUT2D eigenvalue weighted by molar-refractivity contribution is 0.183. The second kappa shape index (κ2) is 6.99.